The molecule has 0 bridgehead atoms. The topological polar surface area (TPSA) is 103 Å². The highest BCUT2D eigenvalue weighted by atomic mass is 16.2. The summed E-state index contributed by atoms with van der Waals surface area (Å²) in [6.45, 7) is 8.82. The fraction of sp³-hybridized carbons (Fsp3) is 0.656. The smallest absolute Gasteiger partial charge is 0.322 e. The van der Waals surface area contributed by atoms with Crippen molar-refractivity contribution >= 4 is 17.6 Å². The summed E-state index contributed by atoms with van der Waals surface area (Å²) >= 11 is 0. The highest BCUT2D eigenvalue weighted by molar-refractivity contribution is 5.92. The summed E-state index contributed by atoms with van der Waals surface area (Å²) in [7, 11) is 0. The van der Waals surface area contributed by atoms with Gasteiger partial charge in [0.1, 0.15) is 6.04 Å². The van der Waals surface area contributed by atoms with Gasteiger partial charge in [0.05, 0.1) is 6.20 Å². The number of rotatable bonds is 7. The lowest BCUT2D eigenvalue weighted by Crippen LogP contribution is -2.61. The number of benzene rings is 1. The molecule has 0 spiro atoms. The molecule has 1 atom stereocenters. The molecule has 3 amide bonds. The Balaban J connectivity index is 0.976. The lowest BCUT2D eigenvalue weighted by atomic mass is 9.99. The maximum Gasteiger partial charge on any atom is 0.322 e. The Bertz CT molecular complexity index is 1260. The maximum atomic E-state index is 14.1. The third-order valence-corrected chi connectivity index (χ3v) is 10.4. The molecule has 5 aliphatic rings. The van der Waals surface area contributed by atoms with Gasteiger partial charge in [0.2, 0.25) is 5.91 Å². The van der Waals surface area contributed by atoms with Crippen molar-refractivity contribution in [2.45, 2.75) is 82.6 Å². The third kappa shape index (κ3) is 6.45. The van der Waals surface area contributed by atoms with Gasteiger partial charge in [-0.1, -0.05) is 24.6 Å². The van der Waals surface area contributed by atoms with Crippen LogP contribution in [0.3, 0.4) is 0 Å². The number of fused-ring (bicyclic) bond motifs is 2. The zero-order chi connectivity index (χ0) is 29.2. The van der Waals surface area contributed by atoms with Crippen molar-refractivity contribution in [2.75, 3.05) is 57.7 Å². The lowest BCUT2D eigenvalue weighted by Gasteiger charge is -2.43. The van der Waals surface area contributed by atoms with Gasteiger partial charge in [0, 0.05) is 87.8 Å². The van der Waals surface area contributed by atoms with E-state index in [0.717, 1.165) is 77.1 Å². The van der Waals surface area contributed by atoms with Crippen LogP contribution in [0, 0.1) is 0 Å². The van der Waals surface area contributed by atoms with Gasteiger partial charge in [0.25, 0.3) is 0 Å². The molecule has 0 saturated carbocycles. The van der Waals surface area contributed by atoms with E-state index in [2.05, 4.69) is 46.7 Å². The van der Waals surface area contributed by atoms with Gasteiger partial charge in [-0.05, 0) is 63.2 Å². The first kappa shape index (κ1) is 28.8. The summed E-state index contributed by atoms with van der Waals surface area (Å²) in [6, 6.07) is 8.58. The molecule has 3 saturated heterocycles. The molecular formula is C32H47N9O2. The Morgan fingerprint density at radius 3 is 2.49 bits per heavy atom. The van der Waals surface area contributed by atoms with E-state index >= 15 is 0 Å². The zero-order valence-electron chi connectivity index (χ0n) is 25.3. The highest BCUT2D eigenvalue weighted by Crippen LogP contribution is 2.28. The van der Waals surface area contributed by atoms with Crippen molar-refractivity contribution in [1.29, 1.82) is 0 Å². The standard InChI is InChI=1S/C32H47N9O2/c42-31(39-16-8-26(9-17-39)38-13-4-1-5-14-38)30(23-37-15-12-29-25(21-37)20-33-35-29)36-40-18-10-27(11-19-40)41-22-24-6-2-3-7-28(24)34-32(41)43/h2-3,6-7,20,26-27,30,36H,1,4-5,8-19,21-23H2,(H,33,35)(H,34,43). The largest absolute Gasteiger partial charge is 0.341 e. The molecule has 11 heteroatoms. The number of piperidine rings is 3. The number of carbonyl (C=O) groups is 2. The number of hydrogen-bond donors (Lipinski definition) is 3. The van der Waals surface area contributed by atoms with E-state index in [-0.39, 0.29) is 24.0 Å². The minimum atomic E-state index is -0.290. The number of urea groups is 1. The van der Waals surface area contributed by atoms with Gasteiger partial charge < -0.3 is 20.0 Å². The molecule has 5 aliphatic heterocycles. The molecule has 11 nitrogen and oxygen atoms in total. The van der Waals surface area contributed by atoms with Crippen molar-refractivity contribution in [3.05, 3.63) is 47.3 Å². The summed E-state index contributed by atoms with van der Waals surface area (Å²) in [5.41, 5.74) is 8.24. The molecule has 1 aromatic heterocycles. The second-order valence-corrected chi connectivity index (χ2v) is 13.1. The summed E-state index contributed by atoms with van der Waals surface area (Å²) in [5.74, 6) is 0.226. The van der Waals surface area contributed by atoms with E-state index in [1.54, 1.807) is 0 Å². The number of aromatic nitrogens is 2. The van der Waals surface area contributed by atoms with E-state index < -0.39 is 0 Å². The van der Waals surface area contributed by atoms with Gasteiger partial charge in [-0.15, -0.1) is 0 Å². The fourth-order valence-electron chi connectivity index (χ4n) is 7.87. The normalized spacial score (nSPS) is 24.0. The number of H-pyrrole nitrogens is 1. The fourth-order valence-corrected chi connectivity index (χ4v) is 7.87. The number of para-hydroxylation sites is 1. The summed E-state index contributed by atoms with van der Waals surface area (Å²) in [4.78, 5) is 36.2. The minimum absolute atomic E-state index is 0.00478. The van der Waals surface area contributed by atoms with Crippen LogP contribution >= 0.6 is 0 Å². The summed E-state index contributed by atoms with van der Waals surface area (Å²) < 4.78 is 0. The predicted octanol–water partition coefficient (Wildman–Crippen LogP) is 2.63. The quantitative estimate of drug-likeness (QED) is 0.456. The van der Waals surface area contributed by atoms with E-state index in [4.69, 9.17) is 0 Å². The van der Waals surface area contributed by atoms with Gasteiger partial charge >= 0.3 is 6.03 Å². The Morgan fingerprint density at radius 1 is 0.907 bits per heavy atom. The molecule has 0 radical (unpaired) electrons. The maximum absolute atomic E-state index is 14.1. The van der Waals surface area contributed by atoms with Crippen LogP contribution in [0.5, 0.6) is 0 Å². The number of nitrogens with zero attached hydrogens (tertiary/aromatic N) is 6. The van der Waals surface area contributed by atoms with E-state index in [0.29, 0.717) is 19.1 Å². The number of likely N-dealkylation sites (tertiary alicyclic amines) is 2. The molecule has 0 aliphatic carbocycles. The first-order valence-electron chi connectivity index (χ1n) is 16.5. The number of hydrazine groups is 1. The van der Waals surface area contributed by atoms with Crippen LogP contribution in [0.1, 0.15) is 61.8 Å². The van der Waals surface area contributed by atoms with Gasteiger partial charge in [0.15, 0.2) is 0 Å². The molecule has 3 fully saturated rings. The first-order valence-corrected chi connectivity index (χ1v) is 16.5. The molecule has 3 N–H and O–H groups in total. The molecular weight excluding hydrogens is 542 g/mol. The van der Waals surface area contributed by atoms with Gasteiger partial charge in [-0.3, -0.25) is 14.8 Å². The molecule has 2 aromatic rings. The highest BCUT2D eigenvalue weighted by Gasteiger charge is 2.36. The number of nitrogens with one attached hydrogen (secondary N) is 3. The lowest BCUT2D eigenvalue weighted by molar-refractivity contribution is -0.137. The number of anilines is 1. The Labute approximate surface area is 254 Å². The number of hydrogen-bond acceptors (Lipinski definition) is 7. The second-order valence-electron chi connectivity index (χ2n) is 13.1. The Morgan fingerprint density at radius 2 is 1.67 bits per heavy atom. The van der Waals surface area contributed by atoms with Crippen LogP contribution in [0.15, 0.2) is 30.5 Å². The number of amides is 3. The number of carbonyl (C=O) groups excluding carboxylic acids is 2. The van der Waals surface area contributed by atoms with Crippen molar-refractivity contribution in [3.8, 4) is 0 Å². The molecule has 6 heterocycles. The molecule has 232 valence electrons. The van der Waals surface area contributed by atoms with Crippen molar-refractivity contribution in [1.82, 2.24) is 40.2 Å². The van der Waals surface area contributed by atoms with Crippen LogP contribution in [0.2, 0.25) is 0 Å². The van der Waals surface area contributed by atoms with Crippen molar-refractivity contribution in [3.63, 3.8) is 0 Å². The SMILES string of the molecule is O=C(C(CN1CCc2[nH]ncc2C1)NN1CCC(N2Cc3ccccc3NC2=O)CC1)N1CCC(N2CCCCC2)CC1. The monoisotopic (exact) mass is 589 g/mol. The van der Waals surface area contributed by atoms with Crippen molar-refractivity contribution < 1.29 is 9.59 Å². The van der Waals surface area contributed by atoms with E-state index in [1.807, 2.05) is 29.3 Å². The Hall–Kier alpha value is -2.99. The molecule has 43 heavy (non-hydrogen) atoms. The predicted molar refractivity (Wildman–Crippen MR) is 165 cm³/mol. The summed E-state index contributed by atoms with van der Waals surface area (Å²) in [6.07, 6.45) is 10.8. The van der Waals surface area contributed by atoms with Crippen LogP contribution in [0.25, 0.3) is 0 Å². The van der Waals surface area contributed by atoms with Crippen molar-refractivity contribution in [2.24, 2.45) is 0 Å². The van der Waals surface area contributed by atoms with Crippen LogP contribution in [0.4, 0.5) is 10.5 Å². The average Bonchev–Trinajstić information content (AvgIpc) is 3.53. The third-order valence-electron chi connectivity index (χ3n) is 10.4. The number of aromatic amines is 1. The molecule has 7 rings (SSSR count). The first-order chi connectivity index (χ1) is 21.1. The summed E-state index contributed by atoms with van der Waals surface area (Å²) in [5, 5.41) is 12.7. The zero-order valence-corrected chi connectivity index (χ0v) is 25.3. The minimum Gasteiger partial charge on any atom is -0.341 e. The van der Waals surface area contributed by atoms with Gasteiger partial charge in [-0.25, -0.2) is 15.2 Å². The molecule has 1 unspecified atom stereocenters. The van der Waals surface area contributed by atoms with Gasteiger partial charge in [-0.2, -0.15) is 5.10 Å². The van der Waals surface area contributed by atoms with E-state index in [9.17, 15) is 9.59 Å². The van der Waals surface area contributed by atoms with Crippen LogP contribution < -0.4 is 10.7 Å². The van der Waals surface area contributed by atoms with E-state index in [1.165, 1.54) is 49.2 Å². The van der Waals surface area contributed by atoms with Crippen LogP contribution in [-0.2, 0) is 24.3 Å². The van der Waals surface area contributed by atoms with Crippen LogP contribution in [-0.4, -0.2) is 117 Å². The molecule has 1 aromatic carbocycles. The second kappa shape index (κ2) is 12.9. The average molecular weight is 590 g/mol. The Kier molecular flexibility index (Phi) is 8.65.